The van der Waals surface area contributed by atoms with E-state index in [4.69, 9.17) is 0 Å². The van der Waals surface area contributed by atoms with Crippen LogP contribution in [0.25, 0.3) is 0 Å². The molecule has 1 aliphatic heterocycles. The van der Waals surface area contributed by atoms with E-state index in [2.05, 4.69) is 49.2 Å². The molecule has 0 saturated carbocycles. The topological polar surface area (TPSA) is 15.3 Å². The van der Waals surface area contributed by atoms with E-state index >= 15 is 0 Å². The Labute approximate surface area is 124 Å². The van der Waals surface area contributed by atoms with E-state index in [0.717, 1.165) is 12.5 Å². The summed E-state index contributed by atoms with van der Waals surface area (Å²) < 4.78 is 0. The lowest BCUT2D eigenvalue weighted by Gasteiger charge is -2.32. The van der Waals surface area contributed by atoms with Gasteiger partial charge in [0.2, 0.25) is 0 Å². The third-order valence-corrected chi connectivity index (χ3v) is 4.47. The fraction of sp³-hybridized carbons (Fsp3) is 0.667. The molecule has 0 radical (unpaired) electrons. The Hall–Kier alpha value is -0.860. The lowest BCUT2D eigenvalue weighted by atomic mass is 9.96. The summed E-state index contributed by atoms with van der Waals surface area (Å²) >= 11 is 0. The maximum Gasteiger partial charge on any atom is 0.0236 e. The number of likely N-dealkylation sites (tertiary alicyclic amines) is 1. The highest BCUT2D eigenvalue weighted by Crippen LogP contribution is 2.20. The van der Waals surface area contributed by atoms with E-state index < -0.39 is 0 Å². The van der Waals surface area contributed by atoms with Gasteiger partial charge in [0.1, 0.15) is 0 Å². The van der Waals surface area contributed by atoms with Crippen molar-refractivity contribution in [1.82, 2.24) is 10.2 Å². The average molecular weight is 274 g/mol. The van der Waals surface area contributed by atoms with Crippen LogP contribution < -0.4 is 5.32 Å². The summed E-state index contributed by atoms with van der Waals surface area (Å²) in [6, 6.07) is 6.82. The molecule has 0 aromatic heterocycles. The molecule has 1 N–H and O–H groups in total. The van der Waals surface area contributed by atoms with Gasteiger partial charge in [0.25, 0.3) is 0 Å². The van der Waals surface area contributed by atoms with Gasteiger partial charge in [-0.2, -0.15) is 0 Å². The van der Waals surface area contributed by atoms with Gasteiger partial charge in [0.05, 0.1) is 0 Å². The van der Waals surface area contributed by atoms with Crippen molar-refractivity contribution in [3.05, 3.63) is 34.9 Å². The fourth-order valence-electron chi connectivity index (χ4n) is 3.04. The van der Waals surface area contributed by atoms with Crippen LogP contribution in [0.3, 0.4) is 0 Å². The maximum atomic E-state index is 3.57. The van der Waals surface area contributed by atoms with Crippen molar-refractivity contribution in [2.75, 3.05) is 26.2 Å². The van der Waals surface area contributed by atoms with Crippen molar-refractivity contribution in [3.8, 4) is 0 Å². The van der Waals surface area contributed by atoms with Crippen molar-refractivity contribution in [2.45, 2.75) is 46.6 Å². The Balaban J connectivity index is 1.78. The predicted molar refractivity (Wildman–Crippen MR) is 87.1 cm³/mol. The van der Waals surface area contributed by atoms with Crippen LogP contribution in [0.1, 0.15) is 42.9 Å². The van der Waals surface area contributed by atoms with Gasteiger partial charge in [-0.25, -0.2) is 0 Å². The second-order valence-electron chi connectivity index (χ2n) is 6.35. The summed E-state index contributed by atoms with van der Waals surface area (Å²) in [6.07, 6.45) is 3.94. The molecule has 0 amide bonds. The lowest BCUT2D eigenvalue weighted by Crippen LogP contribution is -2.37. The van der Waals surface area contributed by atoms with Crippen LogP contribution in [0.15, 0.2) is 18.2 Å². The molecule has 1 fully saturated rings. The molecular weight excluding hydrogens is 244 g/mol. The van der Waals surface area contributed by atoms with Crippen LogP contribution in [0, 0.1) is 19.8 Å². The van der Waals surface area contributed by atoms with Gasteiger partial charge in [-0.05, 0) is 76.3 Å². The predicted octanol–water partition coefficient (Wildman–Crippen LogP) is 3.52. The van der Waals surface area contributed by atoms with Gasteiger partial charge in [-0.15, -0.1) is 0 Å². The molecule has 2 nitrogen and oxygen atoms in total. The Morgan fingerprint density at radius 3 is 2.65 bits per heavy atom. The van der Waals surface area contributed by atoms with Crippen LogP contribution in [-0.4, -0.2) is 31.1 Å². The summed E-state index contributed by atoms with van der Waals surface area (Å²) in [4.78, 5) is 2.62. The second-order valence-corrected chi connectivity index (χ2v) is 6.35. The van der Waals surface area contributed by atoms with Gasteiger partial charge in [0, 0.05) is 6.54 Å². The highest BCUT2D eigenvalue weighted by molar-refractivity contribution is 5.30. The third kappa shape index (κ3) is 4.60. The molecule has 0 aliphatic carbocycles. The van der Waals surface area contributed by atoms with E-state index in [1.54, 1.807) is 0 Å². The van der Waals surface area contributed by atoms with E-state index in [1.165, 1.54) is 62.1 Å². The molecule has 1 aliphatic rings. The average Bonchev–Trinajstić information content (AvgIpc) is 2.45. The maximum absolute atomic E-state index is 3.57. The number of benzene rings is 1. The SMILES string of the molecule is CCCNCC1CCN(Cc2cc(C)ccc2C)CC1. The van der Waals surface area contributed by atoms with Crippen molar-refractivity contribution >= 4 is 0 Å². The molecule has 112 valence electrons. The zero-order valence-corrected chi connectivity index (χ0v) is 13.4. The molecule has 0 spiro atoms. The molecule has 1 saturated heterocycles. The first-order valence-corrected chi connectivity index (χ1v) is 8.18. The van der Waals surface area contributed by atoms with E-state index in [1.807, 2.05) is 0 Å². The van der Waals surface area contributed by atoms with E-state index in [-0.39, 0.29) is 0 Å². The first-order valence-electron chi connectivity index (χ1n) is 8.18. The van der Waals surface area contributed by atoms with Crippen LogP contribution in [-0.2, 0) is 6.54 Å². The Morgan fingerprint density at radius 1 is 1.20 bits per heavy atom. The summed E-state index contributed by atoms with van der Waals surface area (Å²) in [5.41, 5.74) is 4.32. The molecule has 0 atom stereocenters. The fourth-order valence-corrected chi connectivity index (χ4v) is 3.04. The van der Waals surface area contributed by atoms with Gasteiger partial charge < -0.3 is 5.32 Å². The van der Waals surface area contributed by atoms with Gasteiger partial charge >= 0.3 is 0 Å². The quantitative estimate of drug-likeness (QED) is 0.799. The molecule has 0 unspecified atom stereocenters. The number of aryl methyl sites for hydroxylation is 2. The lowest BCUT2D eigenvalue weighted by molar-refractivity contribution is 0.175. The minimum atomic E-state index is 0.886. The van der Waals surface area contributed by atoms with Crippen molar-refractivity contribution < 1.29 is 0 Å². The van der Waals surface area contributed by atoms with Gasteiger partial charge in [-0.1, -0.05) is 30.7 Å². The number of nitrogens with zero attached hydrogens (tertiary/aromatic N) is 1. The number of piperidine rings is 1. The molecular formula is C18H30N2. The summed E-state index contributed by atoms with van der Waals surface area (Å²) in [5, 5.41) is 3.57. The number of hydrogen-bond acceptors (Lipinski definition) is 2. The molecule has 1 aromatic carbocycles. The normalized spacial score (nSPS) is 17.6. The van der Waals surface area contributed by atoms with E-state index in [0.29, 0.717) is 0 Å². The largest absolute Gasteiger partial charge is 0.316 e. The number of rotatable bonds is 6. The number of hydrogen-bond donors (Lipinski definition) is 1. The smallest absolute Gasteiger partial charge is 0.0236 e. The summed E-state index contributed by atoms with van der Waals surface area (Å²) in [6.45, 7) is 12.7. The minimum absolute atomic E-state index is 0.886. The molecule has 2 heteroatoms. The molecule has 0 bridgehead atoms. The van der Waals surface area contributed by atoms with Gasteiger partial charge in [0.15, 0.2) is 0 Å². The monoisotopic (exact) mass is 274 g/mol. The van der Waals surface area contributed by atoms with Crippen molar-refractivity contribution in [2.24, 2.45) is 5.92 Å². The zero-order valence-electron chi connectivity index (χ0n) is 13.4. The standard InChI is InChI=1S/C18H30N2/c1-4-9-19-13-17-7-10-20(11-8-17)14-18-12-15(2)5-6-16(18)3/h5-6,12,17,19H,4,7-11,13-14H2,1-3H3. The highest BCUT2D eigenvalue weighted by Gasteiger charge is 2.19. The zero-order chi connectivity index (χ0) is 14.4. The molecule has 20 heavy (non-hydrogen) atoms. The summed E-state index contributed by atoms with van der Waals surface area (Å²) in [7, 11) is 0. The van der Waals surface area contributed by atoms with Gasteiger partial charge in [-0.3, -0.25) is 4.90 Å². The van der Waals surface area contributed by atoms with E-state index in [9.17, 15) is 0 Å². The molecule has 1 aromatic rings. The van der Waals surface area contributed by atoms with Crippen LogP contribution in [0.2, 0.25) is 0 Å². The highest BCUT2D eigenvalue weighted by atomic mass is 15.1. The van der Waals surface area contributed by atoms with Crippen LogP contribution >= 0.6 is 0 Å². The molecule has 2 rings (SSSR count). The molecule has 1 heterocycles. The third-order valence-electron chi connectivity index (χ3n) is 4.47. The first kappa shape index (κ1) is 15.5. The minimum Gasteiger partial charge on any atom is -0.316 e. The van der Waals surface area contributed by atoms with Crippen LogP contribution in [0.5, 0.6) is 0 Å². The summed E-state index contributed by atoms with van der Waals surface area (Å²) in [5.74, 6) is 0.886. The second kappa shape index (κ2) is 7.80. The van der Waals surface area contributed by atoms with Crippen molar-refractivity contribution in [3.63, 3.8) is 0 Å². The Kier molecular flexibility index (Phi) is 6.06. The number of nitrogens with one attached hydrogen (secondary N) is 1. The Morgan fingerprint density at radius 2 is 1.95 bits per heavy atom. The first-order chi connectivity index (χ1) is 9.69. The van der Waals surface area contributed by atoms with Crippen molar-refractivity contribution in [1.29, 1.82) is 0 Å². The Bertz CT molecular complexity index is 406. The van der Waals surface area contributed by atoms with Crippen LogP contribution in [0.4, 0.5) is 0 Å².